The number of rotatable bonds is 32. The van der Waals surface area contributed by atoms with Crippen LogP contribution in [-0.4, -0.2) is 22.2 Å². The van der Waals surface area contributed by atoms with E-state index in [0.29, 0.717) is 6.42 Å². The molecule has 39 heavy (non-hydrogen) atoms. The van der Waals surface area contributed by atoms with Gasteiger partial charge in [-0.3, -0.25) is 9.59 Å². The molecule has 0 heterocycles. The van der Waals surface area contributed by atoms with Gasteiger partial charge in [-0.25, -0.2) is 0 Å². The van der Waals surface area contributed by atoms with E-state index in [1.165, 1.54) is 116 Å². The summed E-state index contributed by atoms with van der Waals surface area (Å²) in [6.45, 7) is 4.53. The molecule has 0 aliphatic carbocycles. The van der Waals surface area contributed by atoms with E-state index in [1.807, 2.05) is 0 Å². The molecular formula is C35H68O4. The van der Waals surface area contributed by atoms with E-state index in [9.17, 15) is 14.7 Å². The molecule has 0 saturated carbocycles. The van der Waals surface area contributed by atoms with E-state index in [2.05, 4.69) is 13.8 Å². The highest BCUT2D eigenvalue weighted by atomic mass is 16.4. The van der Waals surface area contributed by atoms with Crippen LogP contribution in [0, 0.1) is 5.41 Å². The van der Waals surface area contributed by atoms with Gasteiger partial charge in [0.2, 0.25) is 0 Å². The Hall–Kier alpha value is -1.06. The fourth-order valence-corrected chi connectivity index (χ4v) is 6.04. The number of carboxylic acid groups (broad SMARTS) is 2. The zero-order chi connectivity index (χ0) is 28.9. The molecule has 0 aromatic carbocycles. The summed E-state index contributed by atoms with van der Waals surface area (Å²) in [5.41, 5.74) is -0.578. The van der Waals surface area contributed by atoms with Gasteiger partial charge in [-0.05, 0) is 25.7 Å². The fraction of sp³-hybridized carbons (Fsp3) is 0.943. The minimum atomic E-state index is -0.733. The maximum atomic E-state index is 12.6. The molecule has 0 unspecified atom stereocenters. The summed E-state index contributed by atoms with van der Waals surface area (Å²) in [4.78, 5) is 23.3. The number of unbranched alkanes of at least 4 members (excludes halogenated alkanes) is 23. The summed E-state index contributed by atoms with van der Waals surface area (Å²) >= 11 is 0. The first-order valence-corrected chi connectivity index (χ1v) is 17.4. The molecule has 0 radical (unpaired) electrons. The van der Waals surface area contributed by atoms with E-state index in [0.717, 1.165) is 64.2 Å². The van der Waals surface area contributed by atoms with Gasteiger partial charge in [-0.15, -0.1) is 0 Å². The smallest absolute Gasteiger partial charge is 0.309 e. The molecule has 0 bridgehead atoms. The Balaban J connectivity index is 4.37. The molecule has 0 aliphatic rings. The van der Waals surface area contributed by atoms with Gasteiger partial charge in [0, 0.05) is 6.42 Å². The minimum absolute atomic E-state index is 0.224. The number of carboxylic acids is 2. The van der Waals surface area contributed by atoms with Crippen molar-refractivity contribution in [1.82, 2.24) is 0 Å². The van der Waals surface area contributed by atoms with E-state index < -0.39 is 17.4 Å². The van der Waals surface area contributed by atoms with Crippen LogP contribution in [0.25, 0.3) is 0 Å². The summed E-state index contributed by atoms with van der Waals surface area (Å²) < 4.78 is 0. The third kappa shape index (κ3) is 24.5. The SMILES string of the molecule is CCCCCCCCCCCCCC(CCCCCCCCCCCCC)(CCCCCCC(=O)O)C(=O)O. The van der Waals surface area contributed by atoms with Gasteiger partial charge in [0.1, 0.15) is 0 Å². The zero-order valence-electron chi connectivity index (χ0n) is 26.4. The summed E-state index contributed by atoms with van der Waals surface area (Å²) in [6, 6.07) is 0. The molecule has 0 rings (SSSR count). The predicted octanol–water partition coefficient (Wildman–Crippen LogP) is 11.9. The Bertz CT molecular complexity index is 519. The van der Waals surface area contributed by atoms with Crippen LogP contribution >= 0.6 is 0 Å². The number of carbonyl (C=O) groups is 2. The average Bonchev–Trinajstić information content (AvgIpc) is 2.91. The largest absolute Gasteiger partial charge is 0.481 e. The number of hydrogen-bond acceptors (Lipinski definition) is 2. The first kappa shape index (κ1) is 37.9. The van der Waals surface area contributed by atoms with Crippen LogP contribution in [0.4, 0.5) is 0 Å². The molecule has 0 spiro atoms. The second kappa shape index (κ2) is 28.5. The topological polar surface area (TPSA) is 74.6 Å². The average molecular weight is 553 g/mol. The van der Waals surface area contributed by atoms with E-state index in [4.69, 9.17) is 5.11 Å². The molecule has 232 valence electrons. The third-order valence-corrected chi connectivity index (χ3v) is 8.77. The first-order valence-electron chi connectivity index (χ1n) is 17.4. The normalized spacial score (nSPS) is 11.7. The van der Waals surface area contributed by atoms with E-state index in [-0.39, 0.29) is 6.42 Å². The van der Waals surface area contributed by atoms with Crippen LogP contribution in [0.15, 0.2) is 0 Å². The highest BCUT2D eigenvalue weighted by Crippen LogP contribution is 2.38. The Labute approximate surface area is 243 Å². The Morgan fingerprint density at radius 1 is 0.410 bits per heavy atom. The van der Waals surface area contributed by atoms with Crippen molar-refractivity contribution in [2.24, 2.45) is 5.41 Å². The maximum absolute atomic E-state index is 12.6. The predicted molar refractivity (Wildman–Crippen MR) is 168 cm³/mol. The van der Waals surface area contributed by atoms with Crippen LogP contribution in [0.5, 0.6) is 0 Å². The van der Waals surface area contributed by atoms with Crippen LogP contribution in [0.1, 0.15) is 206 Å². The summed E-state index contributed by atoms with van der Waals surface area (Å²) in [5.74, 6) is -1.32. The lowest BCUT2D eigenvalue weighted by Gasteiger charge is -2.30. The van der Waals surface area contributed by atoms with Gasteiger partial charge in [-0.2, -0.15) is 0 Å². The van der Waals surface area contributed by atoms with Gasteiger partial charge in [0.15, 0.2) is 0 Å². The zero-order valence-corrected chi connectivity index (χ0v) is 26.4. The van der Waals surface area contributed by atoms with Crippen molar-refractivity contribution in [3.05, 3.63) is 0 Å². The molecular weight excluding hydrogens is 484 g/mol. The van der Waals surface area contributed by atoms with Crippen molar-refractivity contribution < 1.29 is 19.8 Å². The molecule has 0 aromatic rings. The first-order chi connectivity index (χ1) is 19.0. The van der Waals surface area contributed by atoms with Crippen LogP contribution < -0.4 is 0 Å². The van der Waals surface area contributed by atoms with Crippen molar-refractivity contribution in [1.29, 1.82) is 0 Å². The standard InChI is InChI=1S/C35H68O4/c1-3-5-7-9-11-13-15-17-19-22-26-30-35(34(38)39,32-28-24-21-25-29-33(36)37)31-27-23-20-18-16-14-12-10-8-6-4-2/h3-32H2,1-2H3,(H,36,37)(H,38,39). The monoisotopic (exact) mass is 553 g/mol. The molecule has 0 amide bonds. The van der Waals surface area contributed by atoms with Gasteiger partial charge in [0.05, 0.1) is 5.41 Å². The molecule has 2 N–H and O–H groups in total. The molecule has 4 heteroatoms. The van der Waals surface area contributed by atoms with Crippen molar-refractivity contribution in [2.75, 3.05) is 0 Å². The second-order valence-corrected chi connectivity index (χ2v) is 12.5. The second-order valence-electron chi connectivity index (χ2n) is 12.5. The third-order valence-electron chi connectivity index (χ3n) is 8.77. The highest BCUT2D eigenvalue weighted by molar-refractivity contribution is 5.74. The van der Waals surface area contributed by atoms with Crippen LogP contribution in [0.2, 0.25) is 0 Å². The van der Waals surface area contributed by atoms with Gasteiger partial charge in [0.25, 0.3) is 0 Å². The van der Waals surface area contributed by atoms with Gasteiger partial charge in [-0.1, -0.05) is 174 Å². The maximum Gasteiger partial charge on any atom is 0.309 e. The van der Waals surface area contributed by atoms with Crippen LogP contribution in [0.3, 0.4) is 0 Å². The van der Waals surface area contributed by atoms with Crippen LogP contribution in [-0.2, 0) is 9.59 Å². The molecule has 0 saturated heterocycles. The van der Waals surface area contributed by atoms with E-state index >= 15 is 0 Å². The van der Waals surface area contributed by atoms with Crippen molar-refractivity contribution in [2.45, 2.75) is 206 Å². The lowest BCUT2D eigenvalue weighted by atomic mass is 9.74. The number of hydrogen-bond donors (Lipinski definition) is 2. The fourth-order valence-electron chi connectivity index (χ4n) is 6.04. The van der Waals surface area contributed by atoms with Crippen molar-refractivity contribution in [3.63, 3.8) is 0 Å². The lowest BCUT2D eigenvalue weighted by molar-refractivity contribution is -0.150. The summed E-state index contributed by atoms with van der Waals surface area (Å²) in [7, 11) is 0. The van der Waals surface area contributed by atoms with Gasteiger partial charge >= 0.3 is 11.9 Å². The highest BCUT2D eigenvalue weighted by Gasteiger charge is 2.36. The van der Waals surface area contributed by atoms with Crippen molar-refractivity contribution >= 4 is 11.9 Å². The molecule has 0 fully saturated rings. The summed E-state index contributed by atoms with van der Waals surface area (Å²) in [6.07, 6.45) is 34.4. The molecule has 4 nitrogen and oxygen atoms in total. The van der Waals surface area contributed by atoms with E-state index in [1.54, 1.807) is 0 Å². The summed E-state index contributed by atoms with van der Waals surface area (Å²) in [5, 5.41) is 19.2. The Kier molecular flexibility index (Phi) is 27.7. The van der Waals surface area contributed by atoms with Gasteiger partial charge < -0.3 is 10.2 Å². The minimum Gasteiger partial charge on any atom is -0.481 e. The Morgan fingerprint density at radius 3 is 0.923 bits per heavy atom. The lowest BCUT2D eigenvalue weighted by Crippen LogP contribution is -2.31. The van der Waals surface area contributed by atoms with Crippen molar-refractivity contribution in [3.8, 4) is 0 Å². The molecule has 0 atom stereocenters. The number of aliphatic carboxylic acids is 2. The Morgan fingerprint density at radius 2 is 0.667 bits per heavy atom. The molecule has 0 aromatic heterocycles. The quantitative estimate of drug-likeness (QED) is 0.0814. The molecule has 0 aliphatic heterocycles.